The molecule has 2 atom stereocenters. The van der Waals surface area contributed by atoms with Crippen LogP contribution in [0.4, 0.5) is 0 Å². The molecule has 0 unspecified atom stereocenters. The molecule has 0 radical (unpaired) electrons. The lowest BCUT2D eigenvalue weighted by atomic mass is 9.73. The smallest absolute Gasteiger partial charge is 0.0557 e. The minimum Gasteiger partial charge on any atom is -0.393 e. The van der Waals surface area contributed by atoms with Gasteiger partial charge in [-0.1, -0.05) is 33.1 Å². The normalized spacial score (nSPS) is 23.6. The van der Waals surface area contributed by atoms with Gasteiger partial charge >= 0.3 is 0 Å². The summed E-state index contributed by atoms with van der Waals surface area (Å²) in [5, 5.41) is 10.1. The van der Waals surface area contributed by atoms with Gasteiger partial charge in [0, 0.05) is 5.54 Å². The summed E-state index contributed by atoms with van der Waals surface area (Å²) in [4.78, 5) is 0. The summed E-state index contributed by atoms with van der Waals surface area (Å²) >= 11 is 0. The quantitative estimate of drug-likeness (QED) is 0.748. The molecule has 102 valence electrons. The summed E-state index contributed by atoms with van der Waals surface area (Å²) in [6, 6.07) is 0. The van der Waals surface area contributed by atoms with Gasteiger partial charge in [0.1, 0.15) is 0 Å². The van der Waals surface area contributed by atoms with Crippen LogP contribution in [0, 0.1) is 11.8 Å². The Kier molecular flexibility index (Phi) is 5.94. The van der Waals surface area contributed by atoms with Crippen molar-refractivity contribution >= 4 is 0 Å². The Hall–Kier alpha value is -0.0800. The fourth-order valence-corrected chi connectivity index (χ4v) is 3.06. The second kappa shape index (κ2) is 6.75. The summed E-state index contributed by atoms with van der Waals surface area (Å²) < 4.78 is 0. The molecular weight excluding hydrogens is 210 g/mol. The number of aliphatic hydroxyl groups excluding tert-OH is 1. The summed E-state index contributed by atoms with van der Waals surface area (Å²) in [5.41, 5.74) is 6.27. The molecule has 17 heavy (non-hydrogen) atoms. The Morgan fingerprint density at radius 2 is 1.76 bits per heavy atom. The summed E-state index contributed by atoms with van der Waals surface area (Å²) in [6.45, 7) is 6.55. The third-order valence-corrected chi connectivity index (χ3v) is 4.29. The number of hydrogen-bond acceptors (Lipinski definition) is 2. The average molecular weight is 241 g/mol. The van der Waals surface area contributed by atoms with E-state index >= 15 is 0 Å². The zero-order valence-corrected chi connectivity index (χ0v) is 11.9. The predicted octanol–water partition coefficient (Wildman–Crippen LogP) is 3.47. The first-order valence-electron chi connectivity index (χ1n) is 7.39. The van der Waals surface area contributed by atoms with Crippen LogP contribution in [0.5, 0.6) is 0 Å². The highest BCUT2D eigenvalue weighted by Crippen LogP contribution is 2.34. The van der Waals surface area contributed by atoms with Crippen LogP contribution in [0.25, 0.3) is 0 Å². The molecule has 0 bridgehead atoms. The highest BCUT2D eigenvalue weighted by atomic mass is 16.3. The van der Waals surface area contributed by atoms with E-state index in [2.05, 4.69) is 20.8 Å². The lowest BCUT2D eigenvalue weighted by Gasteiger charge is -2.38. The van der Waals surface area contributed by atoms with E-state index in [4.69, 9.17) is 5.73 Å². The lowest BCUT2D eigenvalue weighted by Crippen LogP contribution is -2.47. The van der Waals surface area contributed by atoms with Gasteiger partial charge in [-0.05, 0) is 50.9 Å². The average Bonchev–Trinajstić information content (AvgIpc) is 2.27. The molecule has 0 aromatic heterocycles. The van der Waals surface area contributed by atoms with E-state index in [0.29, 0.717) is 11.8 Å². The number of hydrogen-bond donors (Lipinski definition) is 2. The number of nitrogens with two attached hydrogens (primary N) is 1. The predicted molar refractivity (Wildman–Crippen MR) is 73.9 cm³/mol. The zero-order valence-electron chi connectivity index (χ0n) is 11.9. The molecule has 0 aromatic carbocycles. The van der Waals surface area contributed by atoms with E-state index in [9.17, 15) is 5.11 Å². The fourth-order valence-electron chi connectivity index (χ4n) is 3.06. The fraction of sp³-hybridized carbons (Fsp3) is 1.00. The van der Waals surface area contributed by atoms with Crippen molar-refractivity contribution in [3.63, 3.8) is 0 Å². The number of rotatable bonds is 6. The second-order valence-corrected chi connectivity index (χ2v) is 6.67. The van der Waals surface area contributed by atoms with Gasteiger partial charge in [0.2, 0.25) is 0 Å². The van der Waals surface area contributed by atoms with E-state index in [1.54, 1.807) is 0 Å². The minimum absolute atomic E-state index is 0.170. The molecule has 2 nitrogen and oxygen atoms in total. The van der Waals surface area contributed by atoms with E-state index in [1.165, 1.54) is 32.1 Å². The third-order valence-electron chi connectivity index (χ3n) is 4.29. The van der Waals surface area contributed by atoms with Crippen LogP contribution in [0.15, 0.2) is 0 Å². The number of aliphatic hydroxyl groups is 1. The topological polar surface area (TPSA) is 46.2 Å². The standard InChI is InChI=1S/C15H31NO/c1-12(2)9-10-14(17)11-15(3,16)13-7-5-4-6-8-13/h12-14,17H,4-11,16H2,1-3H3/t14-,15-/m0/s1. The second-order valence-electron chi connectivity index (χ2n) is 6.67. The molecule has 0 saturated heterocycles. The molecule has 0 aromatic rings. The van der Waals surface area contributed by atoms with Gasteiger partial charge in [0.25, 0.3) is 0 Å². The molecule has 3 N–H and O–H groups in total. The Morgan fingerprint density at radius 3 is 2.29 bits per heavy atom. The molecule has 1 saturated carbocycles. The molecule has 1 rings (SSSR count). The van der Waals surface area contributed by atoms with Crippen molar-refractivity contribution in [3.05, 3.63) is 0 Å². The van der Waals surface area contributed by atoms with Crippen molar-refractivity contribution in [2.24, 2.45) is 17.6 Å². The molecule has 0 heterocycles. The van der Waals surface area contributed by atoms with Crippen molar-refractivity contribution < 1.29 is 5.11 Å². The van der Waals surface area contributed by atoms with Gasteiger partial charge in [0.05, 0.1) is 6.10 Å². The van der Waals surface area contributed by atoms with Gasteiger partial charge in [-0.15, -0.1) is 0 Å². The van der Waals surface area contributed by atoms with Crippen LogP contribution in [0.1, 0.15) is 72.1 Å². The maximum absolute atomic E-state index is 10.1. The molecule has 0 amide bonds. The molecule has 1 aliphatic carbocycles. The summed E-state index contributed by atoms with van der Waals surface area (Å²) in [5.74, 6) is 1.29. The Balaban J connectivity index is 2.35. The molecule has 0 spiro atoms. The Bertz CT molecular complexity index is 207. The molecule has 2 heteroatoms. The lowest BCUT2D eigenvalue weighted by molar-refractivity contribution is 0.0910. The molecule has 1 aliphatic rings. The highest BCUT2D eigenvalue weighted by molar-refractivity contribution is 4.90. The molecular formula is C15H31NO. The molecule has 1 fully saturated rings. The van der Waals surface area contributed by atoms with Crippen LogP contribution in [0.3, 0.4) is 0 Å². The van der Waals surface area contributed by atoms with Gasteiger partial charge in [-0.2, -0.15) is 0 Å². The summed E-state index contributed by atoms with van der Waals surface area (Å²) in [6.07, 6.45) is 9.06. The van der Waals surface area contributed by atoms with Gasteiger partial charge < -0.3 is 10.8 Å². The maximum atomic E-state index is 10.1. The van der Waals surface area contributed by atoms with Gasteiger partial charge in [0.15, 0.2) is 0 Å². The molecule has 0 aliphatic heterocycles. The zero-order chi connectivity index (χ0) is 12.9. The van der Waals surface area contributed by atoms with Crippen molar-refractivity contribution in [2.45, 2.75) is 83.8 Å². The Labute approximate surface area is 107 Å². The van der Waals surface area contributed by atoms with E-state index < -0.39 is 0 Å². The first-order chi connectivity index (χ1) is 7.92. The minimum atomic E-state index is -0.214. The monoisotopic (exact) mass is 241 g/mol. The largest absolute Gasteiger partial charge is 0.393 e. The van der Waals surface area contributed by atoms with Crippen LogP contribution < -0.4 is 5.73 Å². The van der Waals surface area contributed by atoms with E-state index in [0.717, 1.165) is 19.3 Å². The van der Waals surface area contributed by atoms with Gasteiger partial charge in [-0.3, -0.25) is 0 Å². The maximum Gasteiger partial charge on any atom is 0.0557 e. The van der Waals surface area contributed by atoms with E-state index in [1.807, 2.05) is 0 Å². The third kappa shape index (κ3) is 5.39. The first kappa shape index (κ1) is 15.0. The van der Waals surface area contributed by atoms with Crippen LogP contribution >= 0.6 is 0 Å². The highest BCUT2D eigenvalue weighted by Gasteiger charge is 2.32. The van der Waals surface area contributed by atoms with Crippen molar-refractivity contribution in [3.8, 4) is 0 Å². The van der Waals surface area contributed by atoms with Crippen LogP contribution in [0.2, 0.25) is 0 Å². The van der Waals surface area contributed by atoms with Gasteiger partial charge in [-0.25, -0.2) is 0 Å². The van der Waals surface area contributed by atoms with Crippen LogP contribution in [-0.2, 0) is 0 Å². The van der Waals surface area contributed by atoms with E-state index in [-0.39, 0.29) is 11.6 Å². The Morgan fingerprint density at radius 1 is 1.18 bits per heavy atom. The van der Waals surface area contributed by atoms with Crippen molar-refractivity contribution in [1.82, 2.24) is 0 Å². The first-order valence-corrected chi connectivity index (χ1v) is 7.39. The van der Waals surface area contributed by atoms with Crippen LogP contribution in [-0.4, -0.2) is 16.7 Å². The van der Waals surface area contributed by atoms with Crippen molar-refractivity contribution in [1.29, 1.82) is 0 Å². The summed E-state index contributed by atoms with van der Waals surface area (Å²) in [7, 11) is 0. The van der Waals surface area contributed by atoms with Crippen molar-refractivity contribution in [2.75, 3.05) is 0 Å². The SMILES string of the molecule is CC(C)CC[C@H](O)C[C@](C)(N)C1CCCCC1.